The van der Waals surface area contributed by atoms with E-state index >= 15 is 0 Å². The molecule has 1 saturated heterocycles. The topological polar surface area (TPSA) is 12.5 Å². The van der Waals surface area contributed by atoms with Crippen LogP contribution in [-0.2, 0) is 0 Å². The fraction of sp³-hybridized carbons (Fsp3) is 0.538. The highest BCUT2D eigenvalue weighted by Crippen LogP contribution is 2.26. The summed E-state index contributed by atoms with van der Waals surface area (Å²) in [6, 6.07) is 7.74. The van der Waals surface area contributed by atoms with Crippen molar-refractivity contribution in [2.75, 3.05) is 26.2 Å². The molecule has 1 fully saturated rings. The number of halogens is 2. The lowest BCUT2D eigenvalue weighted by Gasteiger charge is -2.15. The molecule has 0 bridgehead atoms. The zero-order valence-electron chi connectivity index (χ0n) is 9.96. The van der Waals surface area contributed by atoms with E-state index in [1.54, 1.807) is 4.90 Å². The predicted molar refractivity (Wildman–Crippen MR) is 62.7 cm³/mol. The van der Waals surface area contributed by atoms with E-state index < -0.39 is 5.92 Å². The van der Waals surface area contributed by atoms with E-state index in [9.17, 15) is 8.78 Å². The third-order valence-electron chi connectivity index (χ3n) is 2.95. The van der Waals surface area contributed by atoms with Gasteiger partial charge in [0.2, 0.25) is 0 Å². The SMILES string of the molecule is Cc1ccc(OCCN2CCC(F)(F)C2)cc1. The zero-order chi connectivity index (χ0) is 12.3. The summed E-state index contributed by atoms with van der Waals surface area (Å²) in [5, 5.41) is 0. The number of ether oxygens (including phenoxy) is 1. The maximum absolute atomic E-state index is 12.9. The molecule has 0 saturated carbocycles. The Morgan fingerprint density at radius 1 is 1.29 bits per heavy atom. The maximum atomic E-state index is 12.9. The number of alkyl halides is 2. The largest absolute Gasteiger partial charge is 0.492 e. The van der Waals surface area contributed by atoms with E-state index in [1.165, 1.54) is 5.56 Å². The van der Waals surface area contributed by atoms with Gasteiger partial charge in [-0.25, -0.2) is 8.78 Å². The van der Waals surface area contributed by atoms with Crippen molar-refractivity contribution in [3.8, 4) is 5.75 Å². The van der Waals surface area contributed by atoms with Gasteiger partial charge in [0.1, 0.15) is 12.4 Å². The van der Waals surface area contributed by atoms with Crippen LogP contribution in [0.2, 0.25) is 0 Å². The predicted octanol–water partition coefficient (Wildman–Crippen LogP) is 2.71. The van der Waals surface area contributed by atoms with E-state index in [-0.39, 0.29) is 13.0 Å². The molecule has 0 aliphatic carbocycles. The van der Waals surface area contributed by atoms with Gasteiger partial charge in [-0.2, -0.15) is 0 Å². The van der Waals surface area contributed by atoms with E-state index in [2.05, 4.69) is 0 Å². The Kier molecular flexibility index (Phi) is 3.62. The van der Waals surface area contributed by atoms with Gasteiger partial charge in [-0.05, 0) is 19.1 Å². The molecule has 0 radical (unpaired) electrons. The Bertz CT molecular complexity index is 364. The highest BCUT2D eigenvalue weighted by atomic mass is 19.3. The van der Waals surface area contributed by atoms with Crippen LogP contribution in [-0.4, -0.2) is 37.1 Å². The third-order valence-corrected chi connectivity index (χ3v) is 2.95. The van der Waals surface area contributed by atoms with Crippen molar-refractivity contribution in [1.82, 2.24) is 4.90 Å². The van der Waals surface area contributed by atoms with E-state index in [0.717, 1.165) is 5.75 Å². The molecule has 1 aromatic rings. The van der Waals surface area contributed by atoms with Crippen molar-refractivity contribution >= 4 is 0 Å². The summed E-state index contributed by atoms with van der Waals surface area (Å²) in [6.07, 6.45) is -0.0302. The van der Waals surface area contributed by atoms with Crippen LogP contribution in [0.15, 0.2) is 24.3 Å². The normalized spacial score (nSPS) is 19.5. The van der Waals surface area contributed by atoms with Crippen LogP contribution in [0.1, 0.15) is 12.0 Å². The van der Waals surface area contributed by atoms with Gasteiger partial charge in [-0.1, -0.05) is 17.7 Å². The molecule has 1 heterocycles. The lowest BCUT2D eigenvalue weighted by molar-refractivity contribution is 0.0113. The second-order valence-electron chi connectivity index (χ2n) is 4.54. The molecule has 94 valence electrons. The van der Waals surface area contributed by atoms with Crippen molar-refractivity contribution in [2.24, 2.45) is 0 Å². The van der Waals surface area contributed by atoms with Gasteiger partial charge in [-0.3, -0.25) is 4.90 Å². The molecule has 1 aliphatic heterocycles. The molecule has 1 aliphatic rings. The second kappa shape index (κ2) is 5.00. The molecular formula is C13H17F2NO. The molecule has 1 aromatic carbocycles. The highest BCUT2D eigenvalue weighted by Gasteiger charge is 2.37. The van der Waals surface area contributed by atoms with Gasteiger partial charge in [0, 0.05) is 19.5 Å². The zero-order valence-corrected chi connectivity index (χ0v) is 9.96. The molecule has 4 heteroatoms. The van der Waals surface area contributed by atoms with Crippen LogP contribution in [0.5, 0.6) is 5.75 Å². The highest BCUT2D eigenvalue weighted by molar-refractivity contribution is 5.26. The van der Waals surface area contributed by atoms with Gasteiger partial charge >= 0.3 is 0 Å². The minimum Gasteiger partial charge on any atom is -0.492 e. The lowest BCUT2D eigenvalue weighted by Crippen LogP contribution is -2.29. The average Bonchev–Trinajstić information content (AvgIpc) is 2.61. The molecule has 0 N–H and O–H groups in total. The Morgan fingerprint density at radius 2 is 2.00 bits per heavy atom. The summed E-state index contributed by atoms with van der Waals surface area (Å²) in [4.78, 5) is 1.74. The first-order valence-electron chi connectivity index (χ1n) is 5.85. The summed E-state index contributed by atoms with van der Waals surface area (Å²) in [6.45, 7) is 3.35. The number of benzene rings is 1. The second-order valence-corrected chi connectivity index (χ2v) is 4.54. The third kappa shape index (κ3) is 3.66. The van der Waals surface area contributed by atoms with E-state index in [0.29, 0.717) is 19.7 Å². The fourth-order valence-electron chi connectivity index (χ4n) is 1.92. The minimum absolute atomic E-state index is 0.0302. The van der Waals surface area contributed by atoms with Crippen molar-refractivity contribution < 1.29 is 13.5 Å². The maximum Gasteiger partial charge on any atom is 0.261 e. The van der Waals surface area contributed by atoms with Gasteiger partial charge in [-0.15, -0.1) is 0 Å². The Morgan fingerprint density at radius 3 is 2.59 bits per heavy atom. The van der Waals surface area contributed by atoms with Gasteiger partial charge in [0.25, 0.3) is 5.92 Å². The first-order valence-corrected chi connectivity index (χ1v) is 5.85. The molecule has 0 unspecified atom stereocenters. The van der Waals surface area contributed by atoms with Crippen LogP contribution in [0.25, 0.3) is 0 Å². The molecule has 17 heavy (non-hydrogen) atoms. The molecule has 2 rings (SSSR count). The summed E-state index contributed by atoms with van der Waals surface area (Å²) < 4.78 is 31.3. The Hall–Kier alpha value is -1.16. The molecule has 0 spiro atoms. The standard InChI is InChI=1S/C13H17F2NO/c1-11-2-4-12(5-3-11)17-9-8-16-7-6-13(14,15)10-16/h2-5H,6-10H2,1H3. The Balaban J connectivity index is 1.71. The fourth-order valence-corrected chi connectivity index (χ4v) is 1.92. The Labute approximate surface area is 100 Å². The molecular weight excluding hydrogens is 224 g/mol. The van der Waals surface area contributed by atoms with Crippen LogP contribution in [0, 0.1) is 6.92 Å². The van der Waals surface area contributed by atoms with Crippen LogP contribution in [0.4, 0.5) is 8.78 Å². The molecule has 0 atom stereocenters. The quantitative estimate of drug-likeness (QED) is 0.803. The van der Waals surface area contributed by atoms with Crippen LogP contribution < -0.4 is 4.74 Å². The van der Waals surface area contributed by atoms with Gasteiger partial charge in [0.05, 0.1) is 6.54 Å². The van der Waals surface area contributed by atoms with Crippen molar-refractivity contribution in [3.05, 3.63) is 29.8 Å². The molecule has 0 amide bonds. The van der Waals surface area contributed by atoms with Gasteiger partial charge in [0.15, 0.2) is 0 Å². The van der Waals surface area contributed by atoms with Crippen molar-refractivity contribution in [2.45, 2.75) is 19.3 Å². The van der Waals surface area contributed by atoms with Crippen LogP contribution >= 0.6 is 0 Å². The van der Waals surface area contributed by atoms with Crippen molar-refractivity contribution in [1.29, 1.82) is 0 Å². The van der Waals surface area contributed by atoms with Crippen LogP contribution in [0.3, 0.4) is 0 Å². The lowest BCUT2D eigenvalue weighted by atomic mass is 10.2. The first kappa shape index (κ1) is 12.3. The van der Waals surface area contributed by atoms with Crippen molar-refractivity contribution in [3.63, 3.8) is 0 Å². The summed E-state index contributed by atoms with van der Waals surface area (Å²) in [5.74, 6) is -1.72. The summed E-state index contributed by atoms with van der Waals surface area (Å²) in [5.41, 5.74) is 1.18. The summed E-state index contributed by atoms with van der Waals surface area (Å²) >= 11 is 0. The smallest absolute Gasteiger partial charge is 0.261 e. The number of nitrogens with zero attached hydrogens (tertiary/aromatic N) is 1. The van der Waals surface area contributed by atoms with E-state index in [4.69, 9.17) is 4.74 Å². The number of hydrogen-bond donors (Lipinski definition) is 0. The monoisotopic (exact) mass is 241 g/mol. The van der Waals surface area contributed by atoms with Gasteiger partial charge < -0.3 is 4.74 Å². The number of likely N-dealkylation sites (tertiary alicyclic amines) is 1. The van der Waals surface area contributed by atoms with E-state index in [1.807, 2.05) is 31.2 Å². The number of hydrogen-bond acceptors (Lipinski definition) is 2. The number of rotatable bonds is 4. The average molecular weight is 241 g/mol. The summed E-state index contributed by atoms with van der Waals surface area (Å²) in [7, 11) is 0. The number of aryl methyl sites for hydroxylation is 1. The first-order chi connectivity index (χ1) is 8.05. The minimum atomic E-state index is -2.51. The molecule has 0 aromatic heterocycles. The molecule has 2 nitrogen and oxygen atoms in total.